The zero-order chi connectivity index (χ0) is 14.5. The molecule has 0 aromatic heterocycles. The van der Waals surface area contributed by atoms with Crippen LogP contribution in [0.5, 0.6) is 5.75 Å². The molecule has 0 aliphatic carbocycles. The highest BCUT2D eigenvalue weighted by Gasteiger charge is 2.19. The number of nitriles is 1. The van der Waals surface area contributed by atoms with Crippen molar-refractivity contribution in [1.29, 1.82) is 5.26 Å². The van der Waals surface area contributed by atoms with Gasteiger partial charge < -0.3 is 10.1 Å². The van der Waals surface area contributed by atoms with E-state index in [0.717, 1.165) is 16.9 Å². The van der Waals surface area contributed by atoms with E-state index < -0.39 is 0 Å². The molecule has 0 heterocycles. The van der Waals surface area contributed by atoms with Gasteiger partial charge in [0.1, 0.15) is 12.2 Å². The molecule has 102 valence electrons. The Balaban J connectivity index is 2.88. The minimum atomic E-state index is -0.254. The number of amides is 1. The lowest BCUT2D eigenvalue weighted by Crippen LogP contribution is -2.22. The normalized spacial score (nSPS) is 10.7. The smallest absolute Gasteiger partial charge is 0.234 e. The maximum Gasteiger partial charge on any atom is 0.234 e. The first-order valence-electron chi connectivity index (χ1n) is 6.19. The third kappa shape index (κ3) is 4.29. The average molecular weight is 260 g/mol. The third-order valence-corrected chi connectivity index (χ3v) is 2.80. The second-order valence-electron chi connectivity index (χ2n) is 5.40. The van der Waals surface area contributed by atoms with Crippen molar-refractivity contribution in [1.82, 2.24) is 5.32 Å². The molecular weight excluding hydrogens is 240 g/mol. The Morgan fingerprint density at radius 1 is 1.42 bits per heavy atom. The van der Waals surface area contributed by atoms with Gasteiger partial charge in [-0.2, -0.15) is 5.26 Å². The van der Waals surface area contributed by atoms with E-state index in [9.17, 15) is 4.79 Å². The quantitative estimate of drug-likeness (QED) is 0.904. The van der Waals surface area contributed by atoms with Crippen LogP contribution in [0.3, 0.4) is 0 Å². The lowest BCUT2D eigenvalue weighted by molar-refractivity contribution is -0.120. The lowest BCUT2D eigenvalue weighted by atomic mass is 9.85. The Hall–Kier alpha value is -2.02. The molecule has 0 atom stereocenters. The van der Waals surface area contributed by atoms with E-state index in [1.54, 1.807) is 7.11 Å². The van der Waals surface area contributed by atoms with Crippen molar-refractivity contribution in [3.63, 3.8) is 0 Å². The molecule has 0 unspecified atom stereocenters. The molecule has 0 radical (unpaired) electrons. The van der Waals surface area contributed by atoms with Crippen molar-refractivity contribution in [2.75, 3.05) is 7.11 Å². The van der Waals surface area contributed by atoms with Crippen LogP contribution in [0.1, 0.15) is 38.3 Å². The van der Waals surface area contributed by atoms with Gasteiger partial charge in [-0.25, -0.2) is 0 Å². The molecule has 1 aromatic carbocycles. The van der Waals surface area contributed by atoms with Gasteiger partial charge in [0.2, 0.25) is 5.91 Å². The number of carbonyl (C=O) groups excluding carboxylic acids is 1. The molecule has 1 amide bonds. The van der Waals surface area contributed by atoms with Gasteiger partial charge in [0.15, 0.2) is 0 Å². The molecule has 0 aliphatic heterocycles. The summed E-state index contributed by atoms with van der Waals surface area (Å²) in [7, 11) is 1.65. The second kappa shape index (κ2) is 6.24. The van der Waals surface area contributed by atoms with Crippen LogP contribution in [0.2, 0.25) is 0 Å². The third-order valence-electron chi connectivity index (χ3n) is 2.80. The highest BCUT2D eigenvalue weighted by molar-refractivity contribution is 5.77. The van der Waals surface area contributed by atoms with Crippen molar-refractivity contribution in [3.8, 4) is 11.8 Å². The molecule has 0 spiro atoms. The van der Waals surface area contributed by atoms with Crippen molar-refractivity contribution in [2.45, 2.75) is 39.2 Å². The maximum atomic E-state index is 11.3. The summed E-state index contributed by atoms with van der Waals surface area (Å²) in [6.07, 6.45) is -0.109. The Morgan fingerprint density at radius 2 is 2.11 bits per heavy atom. The van der Waals surface area contributed by atoms with Gasteiger partial charge in [0.25, 0.3) is 0 Å². The molecule has 0 saturated heterocycles. The largest absolute Gasteiger partial charge is 0.496 e. The minimum Gasteiger partial charge on any atom is -0.496 e. The van der Waals surface area contributed by atoms with Gasteiger partial charge in [0, 0.05) is 6.54 Å². The summed E-state index contributed by atoms with van der Waals surface area (Å²) in [5, 5.41) is 11.1. The summed E-state index contributed by atoms with van der Waals surface area (Å²) in [5.41, 5.74) is 2.07. The van der Waals surface area contributed by atoms with Gasteiger partial charge in [-0.3, -0.25) is 4.79 Å². The molecular formula is C15H20N2O2. The van der Waals surface area contributed by atoms with E-state index in [1.807, 2.05) is 24.3 Å². The van der Waals surface area contributed by atoms with Crippen LogP contribution in [0, 0.1) is 11.3 Å². The first kappa shape index (κ1) is 15.0. The number of hydrogen-bond donors (Lipinski definition) is 1. The number of methoxy groups -OCH3 is 1. The molecule has 1 N–H and O–H groups in total. The molecule has 4 nitrogen and oxygen atoms in total. The highest BCUT2D eigenvalue weighted by Crippen LogP contribution is 2.31. The standard InChI is InChI=1S/C15H20N2O2/c1-15(2,3)12-9-11(5-6-13(12)19-4)10-17-14(18)7-8-16/h5-6,9H,7,10H2,1-4H3,(H,17,18). The SMILES string of the molecule is COc1ccc(CNC(=O)CC#N)cc1C(C)(C)C. The summed E-state index contributed by atoms with van der Waals surface area (Å²) in [5.74, 6) is 0.593. The number of benzene rings is 1. The molecule has 0 bridgehead atoms. The molecule has 0 fully saturated rings. The monoisotopic (exact) mass is 260 g/mol. The topological polar surface area (TPSA) is 62.1 Å². The summed E-state index contributed by atoms with van der Waals surface area (Å²) >= 11 is 0. The van der Waals surface area contributed by atoms with Crippen molar-refractivity contribution >= 4 is 5.91 Å². The first-order valence-corrected chi connectivity index (χ1v) is 6.19. The Morgan fingerprint density at radius 3 is 2.63 bits per heavy atom. The van der Waals surface area contributed by atoms with Crippen LogP contribution in [-0.4, -0.2) is 13.0 Å². The van der Waals surface area contributed by atoms with Crippen molar-refractivity contribution < 1.29 is 9.53 Å². The highest BCUT2D eigenvalue weighted by atomic mass is 16.5. The van der Waals surface area contributed by atoms with E-state index >= 15 is 0 Å². The number of carbonyl (C=O) groups is 1. The van der Waals surface area contributed by atoms with Gasteiger partial charge >= 0.3 is 0 Å². The van der Waals surface area contributed by atoms with E-state index in [4.69, 9.17) is 10.00 Å². The maximum absolute atomic E-state index is 11.3. The van der Waals surface area contributed by atoms with Gasteiger partial charge in [-0.15, -0.1) is 0 Å². The number of nitrogens with zero attached hydrogens (tertiary/aromatic N) is 1. The van der Waals surface area contributed by atoms with Crippen molar-refractivity contribution in [2.24, 2.45) is 0 Å². The first-order chi connectivity index (χ1) is 8.88. The number of rotatable bonds is 4. The summed E-state index contributed by atoms with van der Waals surface area (Å²) in [6, 6.07) is 7.69. The van der Waals surface area contributed by atoms with Crippen LogP contribution >= 0.6 is 0 Å². The number of hydrogen-bond acceptors (Lipinski definition) is 3. The van der Waals surface area contributed by atoms with Crippen LogP contribution in [0.15, 0.2) is 18.2 Å². The summed E-state index contributed by atoms with van der Waals surface area (Å²) in [6.45, 7) is 6.77. The fraction of sp³-hybridized carbons (Fsp3) is 0.467. The second-order valence-corrected chi connectivity index (χ2v) is 5.40. The Kier molecular flexibility index (Phi) is 4.94. The molecule has 1 rings (SSSR count). The van der Waals surface area contributed by atoms with Crippen LogP contribution in [-0.2, 0) is 16.8 Å². The van der Waals surface area contributed by atoms with Gasteiger partial charge in [-0.05, 0) is 28.7 Å². The van der Waals surface area contributed by atoms with Gasteiger partial charge in [-0.1, -0.05) is 26.8 Å². The Labute approximate surface area is 114 Å². The fourth-order valence-corrected chi connectivity index (χ4v) is 1.79. The molecule has 1 aromatic rings. The van der Waals surface area contributed by atoms with E-state index in [0.29, 0.717) is 6.54 Å². The van der Waals surface area contributed by atoms with Gasteiger partial charge in [0.05, 0.1) is 13.2 Å². The molecule has 4 heteroatoms. The fourth-order valence-electron chi connectivity index (χ4n) is 1.79. The molecule has 19 heavy (non-hydrogen) atoms. The predicted molar refractivity (Wildman–Crippen MR) is 73.8 cm³/mol. The summed E-state index contributed by atoms with van der Waals surface area (Å²) < 4.78 is 5.36. The predicted octanol–water partition coefficient (Wildman–Crippen LogP) is 2.52. The van der Waals surface area contributed by atoms with Crippen LogP contribution in [0.4, 0.5) is 0 Å². The van der Waals surface area contributed by atoms with E-state index in [2.05, 4.69) is 26.1 Å². The molecule has 0 saturated carbocycles. The van der Waals surface area contributed by atoms with Crippen LogP contribution in [0.25, 0.3) is 0 Å². The molecule has 0 aliphatic rings. The minimum absolute atomic E-state index is 0.0297. The summed E-state index contributed by atoms with van der Waals surface area (Å²) in [4.78, 5) is 11.3. The van der Waals surface area contributed by atoms with Crippen molar-refractivity contribution in [3.05, 3.63) is 29.3 Å². The van der Waals surface area contributed by atoms with E-state index in [-0.39, 0.29) is 17.7 Å². The average Bonchev–Trinajstić information content (AvgIpc) is 2.35. The number of nitrogens with one attached hydrogen (secondary N) is 1. The lowest BCUT2D eigenvalue weighted by Gasteiger charge is -2.23. The zero-order valence-corrected chi connectivity index (χ0v) is 11.9. The van der Waals surface area contributed by atoms with E-state index in [1.165, 1.54) is 0 Å². The Bertz CT molecular complexity index is 496. The van der Waals surface area contributed by atoms with Crippen LogP contribution < -0.4 is 10.1 Å². The number of ether oxygens (including phenoxy) is 1. The zero-order valence-electron chi connectivity index (χ0n) is 11.9.